The van der Waals surface area contributed by atoms with Crippen LogP contribution >= 0.6 is 0 Å². The summed E-state index contributed by atoms with van der Waals surface area (Å²) in [5, 5.41) is 28.4. The molecule has 182 valence electrons. The normalized spacial score (nSPS) is 9.65. The fourth-order valence-corrected chi connectivity index (χ4v) is 2.48. The number of aromatic carboxylic acids is 2. The zero-order valence-corrected chi connectivity index (χ0v) is 18.3. The summed E-state index contributed by atoms with van der Waals surface area (Å²) in [6, 6.07) is 4.22. The largest absolute Gasteiger partial charge is 0.491 e. The zero-order chi connectivity index (χ0) is 26.2. The van der Waals surface area contributed by atoms with Crippen LogP contribution in [0.1, 0.15) is 34.6 Å². The quantitative estimate of drug-likeness (QED) is 0.170. The topological polar surface area (TPSA) is 215 Å². The Morgan fingerprint density at radius 3 is 1.59 bits per heavy atom. The maximum atomic E-state index is 10.8. The van der Waals surface area contributed by atoms with Gasteiger partial charge in [-0.2, -0.15) is 0 Å². The van der Waals surface area contributed by atoms with Crippen molar-refractivity contribution in [2.45, 2.75) is 13.8 Å². The van der Waals surface area contributed by atoms with Crippen LogP contribution in [0.4, 0.5) is 11.4 Å². The average molecular weight is 480 g/mol. The highest BCUT2D eigenvalue weighted by Crippen LogP contribution is 2.38. The van der Waals surface area contributed by atoms with E-state index in [1.54, 1.807) is 0 Å². The third kappa shape index (κ3) is 7.08. The first-order valence-electron chi connectivity index (χ1n) is 8.99. The van der Waals surface area contributed by atoms with Crippen molar-refractivity contribution in [2.24, 2.45) is 0 Å². The third-order valence-electron chi connectivity index (χ3n) is 3.73. The fraction of sp³-hybridized carbons (Fsp3) is 0.200. The number of benzene rings is 2. The molecule has 2 aromatic rings. The summed E-state index contributed by atoms with van der Waals surface area (Å²) < 4.78 is 19.2. The van der Waals surface area contributed by atoms with Gasteiger partial charge in [0.1, 0.15) is 0 Å². The molecule has 0 atom stereocenters. The van der Waals surface area contributed by atoms with Crippen LogP contribution in [0.25, 0.3) is 0 Å². The highest BCUT2D eigenvalue weighted by Gasteiger charge is 2.25. The lowest BCUT2D eigenvalue weighted by Gasteiger charge is -2.11. The molecule has 0 aliphatic heterocycles. The molecule has 0 fully saturated rings. The van der Waals surface area contributed by atoms with E-state index in [0.29, 0.717) is 0 Å². The molecule has 0 amide bonds. The van der Waals surface area contributed by atoms with Gasteiger partial charge in [-0.25, -0.2) is 9.59 Å². The van der Waals surface area contributed by atoms with Gasteiger partial charge in [0, 0.05) is 19.9 Å². The second kappa shape index (κ2) is 11.7. The fourth-order valence-electron chi connectivity index (χ4n) is 2.48. The van der Waals surface area contributed by atoms with Gasteiger partial charge in [0.15, 0.2) is 17.2 Å². The average Bonchev–Trinajstić information content (AvgIpc) is 2.72. The van der Waals surface area contributed by atoms with Crippen molar-refractivity contribution in [3.63, 3.8) is 0 Å². The van der Waals surface area contributed by atoms with E-state index in [0.717, 1.165) is 26.2 Å². The Labute approximate surface area is 191 Å². The number of nitrogens with zero attached hydrogens (tertiary/aromatic N) is 1. The maximum Gasteiger partial charge on any atom is 0.336 e. The predicted octanol–water partition coefficient (Wildman–Crippen LogP) is 2.13. The molecule has 14 nitrogen and oxygen atoms in total. The van der Waals surface area contributed by atoms with E-state index in [4.69, 9.17) is 30.2 Å². The Balaban J connectivity index is 0.000000342. The molecule has 0 saturated carbocycles. The number of hydrogen-bond donors (Lipinski definition) is 3. The van der Waals surface area contributed by atoms with Gasteiger partial charge in [0.25, 0.3) is 0 Å². The maximum absolute atomic E-state index is 10.8. The van der Waals surface area contributed by atoms with Crippen LogP contribution in [-0.4, -0.2) is 53.2 Å². The lowest BCUT2D eigenvalue weighted by Crippen LogP contribution is -2.07. The number of carbonyl (C=O) groups is 4. The highest BCUT2D eigenvalue weighted by molar-refractivity contribution is 5.91. The highest BCUT2D eigenvalue weighted by atomic mass is 16.6. The molecule has 34 heavy (non-hydrogen) atoms. The predicted molar refractivity (Wildman–Crippen MR) is 114 cm³/mol. The van der Waals surface area contributed by atoms with Gasteiger partial charge in [-0.15, -0.1) is 0 Å². The van der Waals surface area contributed by atoms with E-state index in [9.17, 15) is 29.3 Å². The van der Waals surface area contributed by atoms with E-state index < -0.39 is 34.5 Å². The van der Waals surface area contributed by atoms with E-state index in [-0.39, 0.29) is 39.8 Å². The number of nitrogens with two attached hydrogens (primary N) is 1. The molecule has 0 aliphatic rings. The van der Waals surface area contributed by atoms with Crippen molar-refractivity contribution < 1.29 is 53.3 Å². The smallest absolute Gasteiger partial charge is 0.336 e. The first-order valence-corrected chi connectivity index (χ1v) is 8.99. The number of carbonyl (C=O) groups excluding carboxylic acids is 2. The molecule has 0 saturated heterocycles. The summed E-state index contributed by atoms with van der Waals surface area (Å²) in [6.45, 7) is 2.28. The number of carboxylic acid groups (broad SMARTS) is 2. The number of anilines is 1. The van der Waals surface area contributed by atoms with Gasteiger partial charge in [0.05, 0.1) is 36.0 Å². The van der Waals surface area contributed by atoms with Gasteiger partial charge < -0.3 is 34.9 Å². The molecule has 0 aromatic heterocycles. The van der Waals surface area contributed by atoms with Crippen LogP contribution in [0.2, 0.25) is 0 Å². The Hall–Kier alpha value is -4.88. The van der Waals surface area contributed by atoms with Crippen LogP contribution < -0.4 is 24.7 Å². The summed E-state index contributed by atoms with van der Waals surface area (Å²) in [6.07, 6.45) is 0. The summed E-state index contributed by atoms with van der Waals surface area (Å²) in [5.41, 5.74) is 4.62. The molecule has 0 radical (unpaired) electrons. The third-order valence-corrected chi connectivity index (χ3v) is 3.73. The van der Waals surface area contributed by atoms with Gasteiger partial charge in [-0.1, -0.05) is 0 Å². The Morgan fingerprint density at radius 1 is 0.824 bits per heavy atom. The molecule has 14 heteroatoms. The van der Waals surface area contributed by atoms with Crippen LogP contribution in [0.15, 0.2) is 24.3 Å². The Kier molecular flexibility index (Phi) is 9.31. The van der Waals surface area contributed by atoms with Crippen LogP contribution in [0, 0.1) is 10.1 Å². The first-order chi connectivity index (χ1) is 15.8. The number of nitro benzene ring substituents is 1. The molecule has 0 aliphatic carbocycles. The number of rotatable bonds is 7. The van der Waals surface area contributed by atoms with Crippen molar-refractivity contribution in [1.29, 1.82) is 0 Å². The zero-order valence-electron chi connectivity index (χ0n) is 18.3. The minimum atomic E-state index is -1.38. The SMILES string of the molecule is COc1c(N)cc(C(=O)O)cc1OC(C)=O.COc1c(OC(C)=O)cc(C(=O)O)cc1[N+](=O)[O-]. The molecule has 2 rings (SSSR count). The Morgan fingerprint density at radius 2 is 1.24 bits per heavy atom. The standard InChI is InChI=1S/C10H9NO7.C10H11NO5/c1-5(12)18-8-4-6(10(13)14)3-7(11(15)16)9(8)17-2;1-5(12)16-8-4-6(10(13)14)3-7(11)9(8)15-2/h3-4H,1-2H3,(H,13,14);3-4H,11H2,1-2H3,(H,13,14). The number of hydrogen-bond acceptors (Lipinski definition) is 11. The van der Waals surface area contributed by atoms with E-state index in [1.807, 2.05) is 0 Å². The lowest BCUT2D eigenvalue weighted by atomic mass is 10.1. The first kappa shape index (κ1) is 27.2. The molecular weight excluding hydrogens is 460 g/mol. The molecule has 0 heterocycles. The minimum Gasteiger partial charge on any atom is -0.491 e. The monoisotopic (exact) mass is 480 g/mol. The van der Waals surface area contributed by atoms with Crippen molar-refractivity contribution in [1.82, 2.24) is 0 Å². The number of methoxy groups -OCH3 is 2. The molecule has 4 N–H and O–H groups in total. The number of carboxylic acids is 2. The summed E-state index contributed by atoms with van der Waals surface area (Å²) >= 11 is 0. The van der Waals surface area contributed by atoms with Gasteiger partial charge >= 0.3 is 29.6 Å². The van der Waals surface area contributed by atoms with Crippen LogP contribution in [-0.2, 0) is 9.59 Å². The van der Waals surface area contributed by atoms with Crippen molar-refractivity contribution in [2.75, 3.05) is 20.0 Å². The summed E-state index contributed by atoms with van der Waals surface area (Å²) in [5.74, 6) is -4.35. The second-order valence-corrected chi connectivity index (χ2v) is 6.18. The number of esters is 2. The van der Waals surface area contributed by atoms with E-state index >= 15 is 0 Å². The minimum absolute atomic E-state index is 0.00704. The van der Waals surface area contributed by atoms with Crippen molar-refractivity contribution in [3.8, 4) is 23.0 Å². The second-order valence-electron chi connectivity index (χ2n) is 6.18. The lowest BCUT2D eigenvalue weighted by molar-refractivity contribution is -0.385. The number of nitro groups is 1. The molecule has 0 bridgehead atoms. The summed E-state index contributed by atoms with van der Waals surface area (Å²) in [4.78, 5) is 53.2. The molecular formula is C20H20N2O12. The van der Waals surface area contributed by atoms with Gasteiger partial charge in [-0.05, 0) is 18.2 Å². The molecule has 0 unspecified atom stereocenters. The Bertz CT molecular complexity index is 1140. The van der Waals surface area contributed by atoms with Crippen LogP contribution in [0.5, 0.6) is 23.0 Å². The van der Waals surface area contributed by atoms with Gasteiger partial charge in [-0.3, -0.25) is 19.7 Å². The number of ether oxygens (including phenoxy) is 4. The van der Waals surface area contributed by atoms with E-state index in [2.05, 4.69) is 4.74 Å². The van der Waals surface area contributed by atoms with Crippen molar-refractivity contribution in [3.05, 3.63) is 45.5 Å². The van der Waals surface area contributed by atoms with Crippen LogP contribution in [0.3, 0.4) is 0 Å². The molecule has 0 spiro atoms. The number of nitrogen functional groups attached to an aromatic ring is 1. The van der Waals surface area contributed by atoms with Crippen molar-refractivity contribution >= 4 is 35.3 Å². The van der Waals surface area contributed by atoms with E-state index in [1.165, 1.54) is 26.2 Å². The molecule has 2 aromatic carbocycles. The summed E-state index contributed by atoms with van der Waals surface area (Å²) in [7, 11) is 2.49. The van der Waals surface area contributed by atoms with Gasteiger partial charge in [0.2, 0.25) is 5.75 Å².